The van der Waals surface area contributed by atoms with Crippen LogP contribution in [-0.4, -0.2) is 57.5 Å². The Morgan fingerprint density at radius 3 is 2.34 bits per heavy atom. The largest absolute Gasteiger partial charge is 0.488 e. The van der Waals surface area contributed by atoms with Crippen LogP contribution in [0.4, 0.5) is 14.5 Å². The van der Waals surface area contributed by atoms with Crippen molar-refractivity contribution in [2.75, 3.05) is 18.1 Å². The predicted molar refractivity (Wildman–Crippen MR) is 112 cm³/mol. The number of rotatable bonds is 8. The smallest absolute Gasteiger partial charge is 0.345 e. The molecule has 1 aliphatic rings. The van der Waals surface area contributed by atoms with Crippen molar-refractivity contribution in [3.8, 4) is 11.4 Å². The number of anilines is 1. The fourth-order valence-corrected chi connectivity index (χ4v) is 3.95. The first-order chi connectivity index (χ1) is 15.3. The average molecular weight is 444 g/mol. The van der Waals surface area contributed by atoms with E-state index < -0.39 is 18.1 Å². The zero-order valence-electron chi connectivity index (χ0n) is 17.3. The number of carboxylic acid groups (broad SMARTS) is 1. The van der Waals surface area contributed by atoms with E-state index in [1.807, 2.05) is 24.0 Å². The van der Waals surface area contributed by atoms with Crippen LogP contribution in [0.25, 0.3) is 5.69 Å². The molecular weight excluding hydrogens is 422 g/mol. The number of hydrogen-bond acceptors (Lipinski definition) is 6. The molecule has 0 saturated carbocycles. The number of carboxylic acids is 1. The third-order valence-electron chi connectivity index (χ3n) is 5.44. The molecule has 3 aromatic rings. The number of benzene rings is 2. The van der Waals surface area contributed by atoms with Gasteiger partial charge < -0.3 is 19.5 Å². The fraction of sp³-hybridized carbons (Fsp3) is 0.318. The number of alkyl halides is 2. The first kappa shape index (κ1) is 21.7. The zero-order chi connectivity index (χ0) is 22.7. The molecule has 1 aromatic heterocycles. The maximum atomic E-state index is 12.8. The van der Waals surface area contributed by atoms with E-state index in [0.717, 1.165) is 5.69 Å². The number of carbonyl (C=O) groups is 1. The van der Waals surface area contributed by atoms with Gasteiger partial charge in [0.15, 0.2) is 0 Å². The third kappa shape index (κ3) is 4.70. The van der Waals surface area contributed by atoms with E-state index in [9.17, 15) is 13.6 Å². The Balaban J connectivity index is 1.51. The highest BCUT2D eigenvalue weighted by atomic mass is 19.3. The number of halogens is 2. The van der Waals surface area contributed by atoms with Crippen LogP contribution in [0.1, 0.15) is 23.7 Å². The third-order valence-corrected chi connectivity index (χ3v) is 5.44. The lowest BCUT2D eigenvalue weighted by Gasteiger charge is -2.36. The van der Waals surface area contributed by atoms with Crippen molar-refractivity contribution in [2.24, 2.45) is 0 Å². The van der Waals surface area contributed by atoms with Crippen molar-refractivity contribution in [1.29, 1.82) is 0 Å². The van der Waals surface area contributed by atoms with Gasteiger partial charge >= 0.3 is 12.6 Å². The molecule has 168 valence electrons. The van der Waals surface area contributed by atoms with Crippen molar-refractivity contribution < 1.29 is 28.2 Å². The Hall–Kier alpha value is -3.53. The van der Waals surface area contributed by atoms with Crippen LogP contribution < -0.4 is 9.64 Å². The van der Waals surface area contributed by atoms with Crippen LogP contribution in [0, 0.1) is 0 Å². The zero-order valence-corrected chi connectivity index (χ0v) is 17.3. The first-order valence-corrected chi connectivity index (χ1v) is 9.98. The molecule has 0 aliphatic carbocycles. The number of aromatic nitrogens is 3. The molecule has 8 nitrogen and oxygen atoms in total. The lowest BCUT2D eigenvalue weighted by atomic mass is 9.98. The Labute approximate surface area is 183 Å². The summed E-state index contributed by atoms with van der Waals surface area (Å²) >= 11 is 0. The number of nitrogens with zero attached hydrogens (tertiary/aromatic N) is 4. The van der Waals surface area contributed by atoms with Gasteiger partial charge in [0.1, 0.15) is 11.9 Å². The second-order valence-corrected chi connectivity index (χ2v) is 7.79. The second kappa shape index (κ2) is 8.91. The van der Waals surface area contributed by atoms with Gasteiger partial charge in [-0.2, -0.15) is 23.8 Å². The van der Waals surface area contributed by atoms with Gasteiger partial charge in [0.05, 0.1) is 42.3 Å². The summed E-state index contributed by atoms with van der Waals surface area (Å²) in [6, 6.07) is 13.6. The van der Waals surface area contributed by atoms with Crippen LogP contribution in [0.3, 0.4) is 0 Å². The van der Waals surface area contributed by atoms with Gasteiger partial charge in [-0.15, -0.1) is 0 Å². The quantitative estimate of drug-likeness (QED) is 0.568. The summed E-state index contributed by atoms with van der Waals surface area (Å²) < 4.78 is 36.3. The Bertz CT molecular complexity index is 1040. The second-order valence-electron chi connectivity index (χ2n) is 7.79. The Morgan fingerprint density at radius 1 is 1.12 bits per heavy atom. The summed E-state index contributed by atoms with van der Waals surface area (Å²) in [5, 5.41) is 17.3. The van der Waals surface area contributed by atoms with Crippen molar-refractivity contribution >= 4 is 11.7 Å². The number of hydrogen-bond donors (Lipinski definition) is 1. The summed E-state index contributed by atoms with van der Waals surface area (Å²) in [5.74, 6) is -0.400. The fourth-order valence-electron chi connectivity index (χ4n) is 3.95. The normalized spacial score (nSPS) is 20.6. The molecule has 4 rings (SSSR count). The van der Waals surface area contributed by atoms with Gasteiger partial charge in [0.2, 0.25) is 0 Å². The molecule has 10 heteroatoms. The number of aromatic carboxylic acids is 1. The molecule has 1 N–H and O–H groups in total. The Kier molecular flexibility index (Phi) is 6.04. The van der Waals surface area contributed by atoms with Gasteiger partial charge in [0, 0.05) is 12.1 Å². The minimum atomic E-state index is -2.88. The summed E-state index contributed by atoms with van der Waals surface area (Å²) in [4.78, 5) is 14.6. The maximum Gasteiger partial charge on any atom is 0.345 e. The molecule has 0 amide bonds. The topological polar surface area (TPSA) is 89.7 Å². The van der Waals surface area contributed by atoms with E-state index in [1.165, 1.54) is 16.9 Å². The molecule has 2 atom stereocenters. The van der Waals surface area contributed by atoms with E-state index in [2.05, 4.69) is 14.9 Å². The molecule has 32 heavy (non-hydrogen) atoms. The number of ether oxygens (including phenoxy) is 2. The lowest BCUT2D eigenvalue weighted by molar-refractivity contribution is -0.139. The molecule has 2 heterocycles. The summed E-state index contributed by atoms with van der Waals surface area (Å²) in [7, 11) is 0. The SMILES string of the molecule is C[C@@]1(COC(F)F)C[C@H](Oc2ccc(-n3nccn3)cc2)CN1c1ccc(C(=O)O)cc1. The molecule has 0 unspecified atom stereocenters. The van der Waals surface area contributed by atoms with Crippen molar-refractivity contribution in [3.63, 3.8) is 0 Å². The van der Waals surface area contributed by atoms with E-state index in [1.54, 1.807) is 36.7 Å². The highest BCUT2D eigenvalue weighted by Gasteiger charge is 2.44. The van der Waals surface area contributed by atoms with E-state index in [4.69, 9.17) is 9.84 Å². The van der Waals surface area contributed by atoms with E-state index in [0.29, 0.717) is 24.4 Å². The summed E-state index contributed by atoms with van der Waals surface area (Å²) in [5.41, 5.74) is 0.883. The average Bonchev–Trinajstić information content (AvgIpc) is 3.42. The van der Waals surface area contributed by atoms with Crippen LogP contribution >= 0.6 is 0 Å². The summed E-state index contributed by atoms with van der Waals surface area (Å²) in [6.07, 6.45) is 3.34. The van der Waals surface area contributed by atoms with Crippen LogP contribution in [0.15, 0.2) is 60.9 Å². The van der Waals surface area contributed by atoms with Crippen molar-refractivity contribution in [3.05, 3.63) is 66.5 Å². The molecule has 1 saturated heterocycles. The van der Waals surface area contributed by atoms with E-state index >= 15 is 0 Å². The van der Waals surface area contributed by atoms with Gasteiger partial charge in [-0.3, -0.25) is 0 Å². The van der Waals surface area contributed by atoms with Gasteiger partial charge in [0.25, 0.3) is 0 Å². The van der Waals surface area contributed by atoms with Crippen LogP contribution in [0.5, 0.6) is 5.75 Å². The molecule has 0 radical (unpaired) electrons. The first-order valence-electron chi connectivity index (χ1n) is 9.98. The minimum Gasteiger partial charge on any atom is -0.488 e. The maximum absolute atomic E-state index is 12.8. The van der Waals surface area contributed by atoms with Crippen molar-refractivity contribution in [2.45, 2.75) is 31.6 Å². The highest BCUT2D eigenvalue weighted by molar-refractivity contribution is 5.88. The molecule has 1 aliphatic heterocycles. The predicted octanol–water partition coefficient (Wildman–Crippen LogP) is 3.62. The highest BCUT2D eigenvalue weighted by Crippen LogP contribution is 2.36. The summed E-state index contributed by atoms with van der Waals surface area (Å²) in [6.45, 7) is -0.824. The lowest BCUT2D eigenvalue weighted by Crippen LogP contribution is -2.45. The van der Waals surface area contributed by atoms with Gasteiger partial charge in [-0.05, 0) is 55.5 Å². The van der Waals surface area contributed by atoms with Crippen LogP contribution in [-0.2, 0) is 4.74 Å². The molecule has 0 bridgehead atoms. The minimum absolute atomic E-state index is 0.151. The van der Waals surface area contributed by atoms with Gasteiger partial charge in [-0.25, -0.2) is 4.79 Å². The Morgan fingerprint density at radius 2 is 1.75 bits per heavy atom. The monoisotopic (exact) mass is 444 g/mol. The molecule has 1 fully saturated rings. The van der Waals surface area contributed by atoms with Crippen LogP contribution in [0.2, 0.25) is 0 Å². The molecular formula is C22H22F2N4O4. The molecule has 2 aromatic carbocycles. The van der Waals surface area contributed by atoms with Gasteiger partial charge in [-0.1, -0.05) is 0 Å². The van der Waals surface area contributed by atoms with Crippen molar-refractivity contribution in [1.82, 2.24) is 15.0 Å². The van der Waals surface area contributed by atoms with E-state index in [-0.39, 0.29) is 18.3 Å². The standard InChI is InChI=1S/C22H22F2N4O4/c1-22(14-31-21(23)24)12-19(13-27(22)16-4-2-15(3-5-16)20(29)30)32-18-8-6-17(7-9-18)28-25-10-11-26-28/h2-11,19,21H,12-14H2,1H3,(H,29,30)/t19-,22-/m0/s1. The molecule has 0 spiro atoms.